The minimum atomic E-state index is 0.491. The van der Waals surface area contributed by atoms with Gasteiger partial charge in [-0.15, -0.1) is 10.2 Å². The van der Waals surface area contributed by atoms with Crippen molar-refractivity contribution >= 4 is 0 Å². The number of para-hydroxylation sites is 1. The Hall–Kier alpha value is -3.48. The second-order valence-electron chi connectivity index (χ2n) is 7.77. The first-order valence-electron chi connectivity index (χ1n) is 9.93. The largest absolute Gasteiger partial charge is 0.493 e. The van der Waals surface area contributed by atoms with Crippen molar-refractivity contribution < 1.29 is 4.74 Å². The maximum atomic E-state index is 6.05. The lowest BCUT2D eigenvalue weighted by atomic mass is 10.1. The molecule has 2 heterocycles. The van der Waals surface area contributed by atoms with Gasteiger partial charge in [-0.1, -0.05) is 48.5 Å². The Balaban J connectivity index is 1.30. The third-order valence-corrected chi connectivity index (χ3v) is 6.10. The van der Waals surface area contributed by atoms with Crippen molar-refractivity contribution in [3.63, 3.8) is 0 Å². The van der Waals surface area contributed by atoms with Crippen molar-refractivity contribution in [2.45, 2.75) is 18.9 Å². The van der Waals surface area contributed by atoms with Crippen molar-refractivity contribution in [1.29, 1.82) is 0 Å². The zero-order valence-electron chi connectivity index (χ0n) is 15.8. The highest BCUT2D eigenvalue weighted by molar-refractivity contribution is 5.60. The Morgan fingerprint density at radius 2 is 1.83 bits per heavy atom. The van der Waals surface area contributed by atoms with Gasteiger partial charge in [0.1, 0.15) is 11.4 Å². The predicted octanol–water partition coefficient (Wildman–Crippen LogP) is 3.08. The maximum Gasteiger partial charge on any atom is 0.225 e. The van der Waals surface area contributed by atoms with Gasteiger partial charge in [-0.25, -0.2) is 0 Å². The lowest BCUT2D eigenvalue weighted by Crippen LogP contribution is -2.09. The fourth-order valence-electron chi connectivity index (χ4n) is 4.71. The number of benzene rings is 2. The molecule has 1 saturated carbocycles. The monoisotopic (exact) mass is 384 g/mol. The zero-order chi connectivity index (χ0) is 19.2. The number of rotatable bonds is 6. The first-order valence-corrected chi connectivity index (χ1v) is 9.93. The van der Waals surface area contributed by atoms with Crippen molar-refractivity contribution in [2.75, 3.05) is 6.61 Å². The molecule has 1 fully saturated rings. The van der Waals surface area contributed by atoms with Gasteiger partial charge >= 0.3 is 0 Å². The van der Waals surface area contributed by atoms with Crippen LogP contribution in [0.4, 0.5) is 0 Å². The van der Waals surface area contributed by atoms with E-state index in [1.54, 1.807) is 0 Å². The molecular weight excluding hydrogens is 364 g/mol. The van der Waals surface area contributed by atoms with Crippen LogP contribution in [0.1, 0.15) is 22.7 Å². The van der Waals surface area contributed by atoms with Crippen LogP contribution in [0.15, 0.2) is 60.7 Å². The summed E-state index contributed by atoms with van der Waals surface area (Å²) in [5.41, 5.74) is 4.69. The van der Waals surface area contributed by atoms with Crippen LogP contribution in [0, 0.1) is 11.8 Å². The molecule has 0 amide bonds. The van der Waals surface area contributed by atoms with Gasteiger partial charge in [0.15, 0.2) is 0 Å². The first-order chi connectivity index (χ1) is 14.4. The van der Waals surface area contributed by atoms with Gasteiger partial charge in [0.2, 0.25) is 5.82 Å². The van der Waals surface area contributed by atoms with Crippen molar-refractivity contribution in [3.8, 4) is 17.3 Å². The highest BCUT2D eigenvalue weighted by Crippen LogP contribution is 2.62. The Labute approximate surface area is 167 Å². The van der Waals surface area contributed by atoms with E-state index in [4.69, 9.17) is 9.84 Å². The molecule has 3 atom stereocenters. The number of nitrogens with one attached hydrogen (secondary N) is 1. The van der Waals surface area contributed by atoms with E-state index >= 15 is 0 Å². The molecule has 1 N–H and O–H groups in total. The van der Waals surface area contributed by atoms with Gasteiger partial charge in [0.05, 0.1) is 13.2 Å². The Kier molecular flexibility index (Phi) is 3.72. The smallest absolute Gasteiger partial charge is 0.225 e. The fraction of sp³-hybridized carbons (Fsp3) is 0.273. The number of hydrogen-bond donors (Lipinski definition) is 1. The molecule has 0 aliphatic heterocycles. The molecule has 4 aromatic rings. The summed E-state index contributed by atoms with van der Waals surface area (Å²) in [6, 6.07) is 20.5. The lowest BCUT2D eigenvalue weighted by molar-refractivity contribution is 0.287. The van der Waals surface area contributed by atoms with Gasteiger partial charge in [0.25, 0.3) is 0 Å². The quantitative estimate of drug-likeness (QED) is 0.552. The standard InChI is InChI=1S/C22H20N6O/c1-3-7-14(8-4-1)12-28-21-17(20(25-28)22-23-26-27-24-22)11-16-18(19(16)21)13-29-15-9-5-2-6-10-15/h1-10,16,18-19H,11-13H2,(H,23,24,26,27). The number of ether oxygens (including phenoxy) is 1. The summed E-state index contributed by atoms with van der Waals surface area (Å²) in [6.45, 7) is 1.49. The normalized spacial score (nSPS) is 21.6. The summed E-state index contributed by atoms with van der Waals surface area (Å²) >= 11 is 0. The average Bonchev–Trinajstić information content (AvgIpc) is 3.19. The van der Waals surface area contributed by atoms with Crippen LogP contribution >= 0.6 is 0 Å². The van der Waals surface area contributed by atoms with E-state index in [9.17, 15) is 0 Å². The number of fused-ring (bicyclic) bond motifs is 3. The van der Waals surface area contributed by atoms with E-state index < -0.39 is 0 Å². The van der Waals surface area contributed by atoms with E-state index in [1.807, 2.05) is 36.4 Å². The molecule has 7 nitrogen and oxygen atoms in total. The van der Waals surface area contributed by atoms with Crippen LogP contribution in [0.5, 0.6) is 5.75 Å². The molecule has 3 unspecified atom stereocenters. The average molecular weight is 384 g/mol. The van der Waals surface area contributed by atoms with Gasteiger partial charge in [-0.05, 0) is 35.2 Å². The van der Waals surface area contributed by atoms with Crippen LogP contribution in [0.2, 0.25) is 0 Å². The number of aromatic amines is 1. The summed E-state index contributed by atoms with van der Waals surface area (Å²) < 4.78 is 8.19. The molecule has 2 aromatic carbocycles. The number of aromatic nitrogens is 6. The van der Waals surface area contributed by atoms with Crippen molar-refractivity contribution in [2.24, 2.45) is 11.8 Å². The SMILES string of the molecule is c1ccc(Cn2nc(-c3nn[nH]n3)c3c2C2C(COc4ccccc4)C2C3)cc1. The van der Waals surface area contributed by atoms with E-state index in [1.165, 1.54) is 16.8 Å². The second-order valence-corrected chi connectivity index (χ2v) is 7.77. The van der Waals surface area contributed by atoms with Crippen LogP contribution in [0.25, 0.3) is 11.5 Å². The molecule has 0 radical (unpaired) electrons. The molecule has 2 aliphatic carbocycles. The minimum Gasteiger partial charge on any atom is -0.493 e. The van der Waals surface area contributed by atoms with E-state index in [2.05, 4.69) is 49.6 Å². The zero-order valence-corrected chi connectivity index (χ0v) is 15.8. The van der Waals surface area contributed by atoms with Gasteiger partial charge in [-0.3, -0.25) is 4.68 Å². The molecule has 0 saturated heterocycles. The van der Waals surface area contributed by atoms with Crippen molar-refractivity contribution in [1.82, 2.24) is 30.4 Å². The van der Waals surface area contributed by atoms with Gasteiger partial charge < -0.3 is 4.74 Å². The molecule has 2 aliphatic rings. The molecule has 29 heavy (non-hydrogen) atoms. The second kappa shape index (κ2) is 6.55. The third kappa shape index (κ3) is 2.81. The van der Waals surface area contributed by atoms with Crippen LogP contribution in [-0.4, -0.2) is 37.0 Å². The maximum absolute atomic E-state index is 6.05. The van der Waals surface area contributed by atoms with Crippen molar-refractivity contribution in [3.05, 3.63) is 77.5 Å². The van der Waals surface area contributed by atoms with Crippen LogP contribution in [0.3, 0.4) is 0 Å². The Morgan fingerprint density at radius 1 is 1.03 bits per heavy atom. The fourth-order valence-corrected chi connectivity index (χ4v) is 4.71. The molecule has 2 aromatic heterocycles. The van der Waals surface area contributed by atoms with E-state index in [-0.39, 0.29) is 0 Å². The van der Waals surface area contributed by atoms with Crippen LogP contribution in [-0.2, 0) is 13.0 Å². The molecule has 0 spiro atoms. The van der Waals surface area contributed by atoms with Gasteiger partial charge in [-0.2, -0.15) is 10.3 Å². The summed E-state index contributed by atoms with van der Waals surface area (Å²) in [4.78, 5) is 0. The lowest BCUT2D eigenvalue weighted by Gasteiger charge is -2.10. The predicted molar refractivity (Wildman–Crippen MR) is 106 cm³/mol. The number of H-pyrrole nitrogens is 1. The topological polar surface area (TPSA) is 81.5 Å². The third-order valence-electron chi connectivity index (χ3n) is 6.10. The molecule has 7 heteroatoms. The number of hydrogen-bond acceptors (Lipinski definition) is 5. The summed E-state index contributed by atoms with van der Waals surface area (Å²) in [7, 11) is 0. The van der Waals surface area contributed by atoms with E-state index in [0.29, 0.717) is 23.6 Å². The number of nitrogens with zero attached hydrogens (tertiary/aromatic N) is 5. The minimum absolute atomic E-state index is 0.491. The Bertz CT molecular complexity index is 1120. The first kappa shape index (κ1) is 16.5. The molecule has 144 valence electrons. The van der Waals surface area contributed by atoms with Gasteiger partial charge in [0, 0.05) is 23.1 Å². The highest BCUT2D eigenvalue weighted by atomic mass is 16.5. The summed E-state index contributed by atoms with van der Waals surface area (Å²) in [5, 5.41) is 19.5. The summed E-state index contributed by atoms with van der Waals surface area (Å²) in [6.07, 6.45) is 1.00. The highest BCUT2D eigenvalue weighted by Gasteiger charge is 2.59. The summed E-state index contributed by atoms with van der Waals surface area (Å²) in [5.74, 6) is 3.14. The molecular formula is C22H20N6O. The van der Waals surface area contributed by atoms with Crippen LogP contribution < -0.4 is 4.74 Å². The Morgan fingerprint density at radius 3 is 2.59 bits per heavy atom. The molecule has 0 bridgehead atoms. The van der Waals surface area contributed by atoms with E-state index in [0.717, 1.165) is 31.0 Å². The molecule has 6 rings (SSSR count). The number of tetrazole rings is 1.